The molecule has 0 amide bonds. The van der Waals surface area contributed by atoms with Crippen LogP contribution in [0.2, 0.25) is 0 Å². The fourth-order valence-corrected chi connectivity index (χ4v) is 2.86. The molecule has 1 aliphatic heterocycles. The maximum atomic E-state index is 5.94. The third-order valence-electron chi connectivity index (χ3n) is 3.55. The Morgan fingerprint density at radius 1 is 1.40 bits per heavy atom. The van der Waals surface area contributed by atoms with Crippen molar-refractivity contribution < 1.29 is 4.74 Å². The summed E-state index contributed by atoms with van der Waals surface area (Å²) in [5.74, 6) is 1.01. The summed E-state index contributed by atoms with van der Waals surface area (Å²) in [6, 6.07) is 12.4. The first-order chi connectivity index (χ1) is 9.72. The van der Waals surface area contributed by atoms with Gasteiger partial charge in [0.15, 0.2) is 0 Å². The second-order valence-electron chi connectivity index (χ2n) is 5.08. The monoisotopic (exact) mass is 332 g/mol. The Labute approximate surface area is 127 Å². The van der Waals surface area contributed by atoms with E-state index < -0.39 is 0 Å². The van der Waals surface area contributed by atoms with Crippen LogP contribution in [0.25, 0.3) is 0 Å². The number of rotatable bonds is 4. The van der Waals surface area contributed by atoms with E-state index in [-0.39, 0.29) is 12.1 Å². The number of ether oxygens (including phenoxy) is 1. The van der Waals surface area contributed by atoms with Gasteiger partial charge in [0.1, 0.15) is 11.9 Å². The van der Waals surface area contributed by atoms with E-state index in [0.29, 0.717) is 0 Å². The molecule has 3 nitrogen and oxygen atoms in total. The van der Waals surface area contributed by atoms with Gasteiger partial charge in [0.05, 0.1) is 5.69 Å². The van der Waals surface area contributed by atoms with E-state index in [4.69, 9.17) is 4.74 Å². The minimum Gasteiger partial charge on any atom is -0.488 e. The number of hydrogen-bond donors (Lipinski definition) is 1. The molecule has 4 heteroatoms. The molecule has 104 valence electrons. The molecule has 1 aliphatic rings. The molecule has 1 aromatic carbocycles. The van der Waals surface area contributed by atoms with Crippen LogP contribution in [0.1, 0.15) is 24.2 Å². The topological polar surface area (TPSA) is 34.1 Å². The molecule has 3 rings (SSSR count). The molecule has 1 N–H and O–H groups in total. The highest BCUT2D eigenvalue weighted by molar-refractivity contribution is 9.10. The van der Waals surface area contributed by atoms with E-state index in [2.05, 4.69) is 39.2 Å². The van der Waals surface area contributed by atoms with Crippen LogP contribution in [-0.2, 0) is 6.42 Å². The van der Waals surface area contributed by atoms with E-state index >= 15 is 0 Å². The van der Waals surface area contributed by atoms with Gasteiger partial charge >= 0.3 is 0 Å². The lowest BCUT2D eigenvalue weighted by Crippen LogP contribution is -2.32. The van der Waals surface area contributed by atoms with Gasteiger partial charge in [0, 0.05) is 29.7 Å². The van der Waals surface area contributed by atoms with Gasteiger partial charge in [-0.05, 0) is 42.8 Å². The average Bonchev–Trinajstić information content (AvgIpc) is 2.87. The summed E-state index contributed by atoms with van der Waals surface area (Å²) in [7, 11) is 0. The molecule has 2 aromatic rings. The highest BCUT2D eigenvalue weighted by Gasteiger charge is 2.23. The minimum atomic E-state index is 0.200. The van der Waals surface area contributed by atoms with Crippen LogP contribution in [0.3, 0.4) is 0 Å². The summed E-state index contributed by atoms with van der Waals surface area (Å²) in [6.45, 7) is 2.95. The number of nitrogens with one attached hydrogen (secondary N) is 1. The average molecular weight is 333 g/mol. The molecule has 20 heavy (non-hydrogen) atoms. The highest BCUT2D eigenvalue weighted by atomic mass is 79.9. The first kappa shape index (κ1) is 13.6. The lowest BCUT2D eigenvalue weighted by molar-refractivity contribution is 0.222. The van der Waals surface area contributed by atoms with Gasteiger partial charge in [0.2, 0.25) is 0 Å². The number of hydrogen-bond acceptors (Lipinski definition) is 3. The minimum absolute atomic E-state index is 0.200. The molecule has 0 saturated heterocycles. The summed E-state index contributed by atoms with van der Waals surface area (Å²) >= 11 is 3.50. The van der Waals surface area contributed by atoms with Crippen molar-refractivity contribution in [3.63, 3.8) is 0 Å². The van der Waals surface area contributed by atoms with Gasteiger partial charge in [-0.15, -0.1) is 0 Å². The van der Waals surface area contributed by atoms with Gasteiger partial charge in [-0.1, -0.05) is 22.0 Å². The zero-order valence-corrected chi connectivity index (χ0v) is 12.9. The number of halogens is 1. The van der Waals surface area contributed by atoms with Gasteiger partial charge in [-0.2, -0.15) is 0 Å². The number of aromatic nitrogens is 1. The summed E-state index contributed by atoms with van der Waals surface area (Å²) in [5, 5.41) is 3.49. The van der Waals surface area contributed by atoms with Crippen LogP contribution in [0.5, 0.6) is 5.75 Å². The summed E-state index contributed by atoms with van der Waals surface area (Å²) in [6.07, 6.45) is 2.98. The van der Waals surface area contributed by atoms with Gasteiger partial charge in [-0.3, -0.25) is 4.98 Å². The van der Waals surface area contributed by atoms with E-state index in [1.165, 1.54) is 5.56 Å². The largest absolute Gasteiger partial charge is 0.488 e. The maximum absolute atomic E-state index is 5.94. The van der Waals surface area contributed by atoms with Crippen molar-refractivity contribution in [3.05, 3.63) is 58.3 Å². The van der Waals surface area contributed by atoms with E-state index in [9.17, 15) is 0 Å². The van der Waals surface area contributed by atoms with E-state index in [1.807, 2.05) is 36.5 Å². The van der Waals surface area contributed by atoms with Gasteiger partial charge < -0.3 is 10.1 Å². The van der Waals surface area contributed by atoms with Crippen LogP contribution in [0.15, 0.2) is 47.1 Å². The molecule has 2 atom stereocenters. The second-order valence-corrected chi connectivity index (χ2v) is 6.00. The SMILES string of the molecule is CC(NCC1Cc2cc(Br)ccc2O1)c1ccccn1. The van der Waals surface area contributed by atoms with Crippen LogP contribution in [0.4, 0.5) is 0 Å². The normalized spacial score (nSPS) is 18.4. The Hall–Kier alpha value is -1.39. The lowest BCUT2D eigenvalue weighted by atomic mass is 10.1. The highest BCUT2D eigenvalue weighted by Crippen LogP contribution is 2.31. The Morgan fingerprint density at radius 3 is 3.10 bits per heavy atom. The quantitative estimate of drug-likeness (QED) is 0.930. The Bertz CT molecular complexity index is 588. The third kappa shape index (κ3) is 3.02. The lowest BCUT2D eigenvalue weighted by Gasteiger charge is -2.16. The van der Waals surface area contributed by atoms with E-state index in [0.717, 1.165) is 28.9 Å². The molecule has 1 aromatic heterocycles. The predicted octanol–water partition coefficient (Wildman–Crippen LogP) is 3.50. The van der Waals surface area contributed by atoms with Crippen molar-refractivity contribution in [2.24, 2.45) is 0 Å². The van der Waals surface area contributed by atoms with Crippen LogP contribution in [0, 0.1) is 0 Å². The molecule has 0 fully saturated rings. The molecule has 0 saturated carbocycles. The summed E-state index contributed by atoms with van der Waals surface area (Å²) in [5.41, 5.74) is 2.34. The number of pyridine rings is 1. The Morgan fingerprint density at radius 2 is 2.30 bits per heavy atom. The molecule has 2 unspecified atom stereocenters. The molecule has 2 heterocycles. The first-order valence-electron chi connectivity index (χ1n) is 6.82. The zero-order valence-electron chi connectivity index (χ0n) is 11.3. The molecule has 0 radical (unpaired) electrons. The smallest absolute Gasteiger partial charge is 0.123 e. The van der Waals surface area contributed by atoms with Crippen molar-refractivity contribution in [2.75, 3.05) is 6.54 Å². The number of benzene rings is 1. The number of nitrogens with zero attached hydrogens (tertiary/aromatic N) is 1. The summed E-state index contributed by atoms with van der Waals surface area (Å²) in [4.78, 5) is 4.37. The maximum Gasteiger partial charge on any atom is 0.123 e. The Kier molecular flexibility index (Phi) is 4.03. The summed E-state index contributed by atoms with van der Waals surface area (Å²) < 4.78 is 7.05. The predicted molar refractivity (Wildman–Crippen MR) is 82.9 cm³/mol. The molecular formula is C16H17BrN2O. The third-order valence-corrected chi connectivity index (χ3v) is 4.04. The van der Waals surface area contributed by atoms with Gasteiger partial charge in [-0.25, -0.2) is 0 Å². The van der Waals surface area contributed by atoms with Gasteiger partial charge in [0.25, 0.3) is 0 Å². The van der Waals surface area contributed by atoms with Crippen LogP contribution >= 0.6 is 15.9 Å². The fourth-order valence-electron chi connectivity index (χ4n) is 2.45. The van der Waals surface area contributed by atoms with Crippen LogP contribution in [-0.4, -0.2) is 17.6 Å². The zero-order chi connectivity index (χ0) is 13.9. The first-order valence-corrected chi connectivity index (χ1v) is 7.61. The van der Waals surface area contributed by atoms with Crippen LogP contribution < -0.4 is 10.1 Å². The van der Waals surface area contributed by atoms with Crippen molar-refractivity contribution in [3.8, 4) is 5.75 Å². The Balaban J connectivity index is 1.56. The fraction of sp³-hybridized carbons (Fsp3) is 0.312. The second kappa shape index (κ2) is 5.94. The van der Waals surface area contributed by atoms with Crippen molar-refractivity contribution in [1.29, 1.82) is 0 Å². The number of fused-ring (bicyclic) bond motifs is 1. The van der Waals surface area contributed by atoms with Crippen molar-refractivity contribution in [2.45, 2.75) is 25.5 Å². The molecule has 0 spiro atoms. The van der Waals surface area contributed by atoms with Crippen molar-refractivity contribution in [1.82, 2.24) is 10.3 Å². The standard InChI is InChI=1S/C16H17BrN2O/c1-11(15-4-2-3-7-18-15)19-10-14-9-12-8-13(17)5-6-16(12)20-14/h2-8,11,14,19H,9-10H2,1H3. The molecule has 0 aliphatic carbocycles. The van der Waals surface area contributed by atoms with E-state index in [1.54, 1.807) is 0 Å². The molecular weight excluding hydrogens is 316 g/mol. The van der Waals surface area contributed by atoms with Crippen molar-refractivity contribution >= 4 is 15.9 Å². The molecule has 0 bridgehead atoms.